The molecule has 0 aliphatic heterocycles. The van der Waals surface area contributed by atoms with Crippen LogP contribution in [0.1, 0.15) is 134 Å². The van der Waals surface area contributed by atoms with Gasteiger partial charge in [0.25, 0.3) is 0 Å². The van der Waals surface area contributed by atoms with Crippen LogP contribution in [0.4, 0.5) is 33.6 Å². The second-order valence-electron chi connectivity index (χ2n) is 18.2. The van der Waals surface area contributed by atoms with Crippen molar-refractivity contribution >= 4 is 109 Å². The number of para-hydroxylation sites is 1. The highest BCUT2D eigenvalue weighted by atomic mass is 32.1. The largest absolute Gasteiger partial charge is 0.506 e. The number of carbonyl (C=O) groups excluding carboxylic acids is 7. The number of phenolic OH excluding ortho intramolecular Hbond substituents is 1. The number of thiazole rings is 3. The van der Waals surface area contributed by atoms with E-state index < -0.39 is 11.9 Å². The average molecular weight is 1370 g/mol. The molecule has 0 bridgehead atoms. The molecule has 8 rings (SSSR count). The van der Waals surface area contributed by atoms with E-state index in [1.807, 2.05) is 24.6 Å². The van der Waals surface area contributed by atoms with E-state index in [0.717, 1.165) is 35.3 Å². The summed E-state index contributed by atoms with van der Waals surface area (Å²) in [5.74, 6) is -2.39. The Kier molecular flexibility index (Phi) is 44.2. The number of likely N-dealkylation sites (N-methyl/N-ethyl adjacent to an activating group) is 1. The number of ether oxygens (including phenoxy) is 7. The number of aromatic hydroxyl groups is 1. The maximum Gasteiger partial charge on any atom is 0.357 e. The summed E-state index contributed by atoms with van der Waals surface area (Å²) in [6, 6.07) is 31.3. The highest BCUT2D eigenvalue weighted by molar-refractivity contribution is 7.13. The summed E-state index contributed by atoms with van der Waals surface area (Å²) in [7, 11) is 1.33. The molecule has 28 heteroatoms. The fourth-order valence-electron chi connectivity index (χ4n) is 6.75. The molecule has 95 heavy (non-hydrogen) atoms. The van der Waals surface area contributed by atoms with Crippen molar-refractivity contribution in [2.45, 2.75) is 76.2 Å². The molecule has 516 valence electrons. The minimum absolute atomic E-state index is 0. The van der Waals surface area contributed by atoms with Crippen molar-refractivity contribution in [1.82, 2.24) is 19.9 Å². The summed E-state index contributed by atoms with van der Waals surface area (Å²) in [6.07, 6.45) is 1.97. The van der Waals surface area contributed by atoms with Crippen LogP contribution in [-0.2, 0) is 44.4 Å². The van der Waals surface area contributed by atoms with Gasteiger partial charge in [0.15, 0.2) is 10.8 Å². The first-order valence-corrected chi connectivity index (χ1v) is 31.8. The smallest absolute Gasteiger partial charge is 0.357 e. The van der Waals surface area contributed by atoms with E-state index in [4.69, 9.17) is 67.9 Å². The zero-order chi connectivity index (χ0) is 70.4. The van der Waals surface area contributed by atoms with Gasteiger partial charge in [-0.1, -0.05) is 51.6 Å². The van der Waals surface area contributed by atoms with Crippen molar-refractivity contribution in [3.05, 3.63) is 187 Å². The summed E-state index contributed by atoms with van der Waals surface area (Å²) >= 11 is 4.44. The van der Waals surface area contributed by atoms with E-state index in [1.165, 1.54) is 48.0 Å². The molecule has 5 aromatic carbocycles. The van der Waals surface area contributed by atoms with Gasteiger partial charge >= 0.3 is 41.8 Å². The Morgan fingerprint density at radius 1 is 0.495 bits per heavy atom. The molecule has 0 atom stereocenters. The summed E-state index contributed by atoms with van der Waals surface area (Å²) < 4.78 is 33.5. The number of carbonyl (C=O) groups is 7. The molecule has 0 fully saturated rings. The Morgan fingerprint density at radius 2 is 0.947 bits per heavy atom. The van der Waals surface area contributed by atoms with Crippen molar-refractivity contribution < 1.29 is 71.8 Å². The fourth-order valence-corrected chi connectivity index (χ4v) is 8.33. The molecule has 0 radical (unpaired) electrons. The van der Waals surface area contributed by atoms with Crippen molar-refractivity contribution in [2.75, 3.05) is 101 Å². The highest BCUT2D eigenvalue weighted by Crippen LogP contribution is 2.21. The molecule has 0 saturated carbocycles. The third-order valence-corrected chi connectivity index (χ3v) is 13.4. The molecule has 3 aromatic heterocycles. The Morgan fingerprint density at radius 3 is 1.32 bits per heavy atom. The van der Waals surface area contributed by atoms with Crippen LogP contribution in [-0.4, -0.2) is 133 Å². The predicted molar refractivity (Wildman–Crippen MR) is 376 cm³/mol. The molecule has 0 amide bonds. The number of nitrogens with zero attached hydrogens (tertiary/aromatic N) is 4. The van der Waals surface area contributed by atoms with Gasteiger partial charge in [0.2, 0.25) is 0 Å². The standard InChI is InChI=1S/C13H20N2O2.C9H11NO3.2C9H11NO2.C8H11NO2S.C8H9NO2.C7H9NO2S.C3H4N2S.CH4/c1-3-15(4-2)8-9-17-13(16)11-6-5-7-12(14)10-11;1-2-13-9(12)6-3-4-8(11)7(10)5-6;2*1-2-12-9(11)7-4-3-5-8(10)6-7;1-3-11-8(10)4-7-5-12-6(2)9-7;1-11-8(10)6-4-2-3-5-7(6)9;1-3-10-7(9)6-4-11-5(2)8-6;4-3-5-1-2-6-3;/h5-7,10H,3-4,8-9,14H2,1-2H3;3-5,11H,2,10H2,1H3;2*3-6H,2,10H2,1H3;5H,3-4H2,1-2H3;2-5H,9H2,1H3;4H,3H2,1-2H3;1-2H,(H2,4,5);1H4. The number of nitrogens with two attached hydrogens (primary N) is 6. The molecule has 0 saturated heterocycles. The molecular formula is C67H90N10O15S3. The number of rotatable bonds is 18. The average Bonchev–Trinajstić information content (AvgIpc) is 2.05. The first-order valence-electron chi connectivity index (χ1n) is 29.2. The minimum Gasteiger partial charge on any atom is -0.506 e. The number of nitrogen functional groups attached to an aromatic ring is 6. The molecule has 0 spiro atoms. The van der Waals surface area contributed by atoms with E-state index in [0.29, 0.717) is 101 Å². The van der Waals surface area contributed by atoms with E-state index in [-0.39, 0.29) is 55.1 Å². The minimum atomic E-state index is -0.436. The fraction of sp³-hybridized carbons (Fsp3) is 0.313. The number of phenols is 1. The first-order chi connectivity index (χ1) is 44.9. The molecule has 8 aromatic rings. The number of esters is 7. The quantitative estimate of drug-likeness (QED) is 0.0182. The number of aromatic nitrogens is 3. The molecular weight excluding hydrogens is 1280 g/mol. The van der Waals surface area contributed by atoms with Crippen molar-refractivity contribution in [2.24, 2.45) is 0 Å². The summed E-state index contributed by atoms with van der Waals surface area (Å²) in [5, 5.41) is 17.0. The van der Waals surface area contributed by atoms with Gasteiger partial charge in [0, 0.05) is 51.6 Å². The lowest BCUT2D eigenvalue weighted by Gasteiger charge is -2.17. The third kappa shape index (κ3) is 36.6. The molecule has 0 unspecified atom stereocenters. The number of benzene rings is 5. The molecule has 13 N–H and O–H groups in total. The molecule has 25 nitrogen and oxygen atoms in total. The Balaban J connectivity index is 0.00000107. The lowest BCUT2D eigenvalue weighted by atomic mass is 10.2. The van der Waals surface area contributed by atoms with Crippen LogP contribution in [0.25, 0.3) is 0 Å². The maximum absolute atomic E-state index is 11.7. The number of methoxy groups -OCH3 is 1. The zero-order valence-electron chi connectivity index (χ0n) is 54.5. The predicted octanol–water partition coefficient (Wildman–Crippen LogP) is 11.4. The second kappa shape index (κ2) is 49.5. The van der Waals surface area contributed by atoms with Crippen LogP contribution in [0.2, 0.25) is 0 Å². The van der Waals surface area contributed by atoms with Crippen LogP contribution in [0, 0.1) is 13.8 Å². The van der Waals surface area contributed by atoms with Crippen LogP contribution in [0.5, 0.6) is 5.75 Å². The van der Waals surface area contributed by atoms with Crippen molar-refractivity contribution in [1.29, 1.82) is 0 Å². The van der Waals surface area contributed by atoms with Gasteiger partial charge in [0.05, 0.1) is 95.8 Å². The van der Waals surface area contributed by atoms with Crippen molar-refractivity contribution in [3.63, 3.8) is 0 Å². The Hall–Kier alpha value is -10.2. The maximum atomic E-state index is 11.7. The van der Waals surface area contributed by atoms with Gasteiger partial charge in [-0.2, -0.15) is 0 Å². The normalized spacial score (nSPS) is 9.55. The topological polar surface area (TPSA) is 402 Å². The number of anilines is 6. The van der Waals surface area contributed by atoms with E-state index >= 15 is 0 Å². The van der Waals surface area contributed by atoms with Gasteiger partial charge in [-0.25, -0.2) is 43.7 Å². The summed E-state index contributed by atoms with van der Waals surface area (Å²) in [5.41, 5.74) is 38.4. The van der Waals surface area contributed by atoms with Crippen LogP contribution < -0.4 is 34.4 Å². The number of aryl methyl sites for hydroxylation is 2. The van der Waals surface area contributed by atoms with Crippen LogP contribution in [0.15, 0.2) is 138 Å². The SMILES string of the molecule is C.CCN(CC)CCOC(=O)c1cccc(N)c1.CCOC(=O)Cc1csc(C)n1.CCOC(=O)c1ccc(O)c(N)c1.CCOC(=O)c1cccc(N)c1.CCOC(=O)c1cccc(N)c1.CCOC(=O)c1csc(C)n1.COC(=O)c1ccccc1N.Nc1nccs1. The zero-order valence-corrected chi connectivity index (χ0v) is 56.9. The summed E-state index contributed by atoms with van der Waals surface area (Å²) in [6.45, 7) is 21.8. The van der Waals surface area contributed by atoms with E-state index in [1.54, 1.807) is 155 Å². The number of hydrogen-bond donors (Lipinski definition) is 7. The Bertz CT molecular complexity index is 3470. The molecule has 0 aliphatic rings. The van der Waals surface area contributed by atoms with Crippen LogP contribution in [0.3, 0.4) is 0 Å². The van der Waals surface area contributed by atoms with Gasteiger partial charge in [-0.05, 0) is 146 Å². The van der Waals surface area contributed by atoms with Gasteiger partial charge in [-0.3, -0.25) is 4.79 Å². The third-order valence-electron chi connectivity index (χ3n) is 11.2. The van der Waals surface area contributed by atoms with Crippen LogP contribution >= 0.6 is 34.0 Å². The van der Waals surface area contributed by atoms with Gasteiger partial charge in [0.1, 0.15) is 12.4 Å². The van der Waals surface area contributed by atoms with E-state index in [2.05, 4.69) is 38.4 Å². The number of hydrogen-bond acceptors (Lipinski definition) is 28. The lowest BCUT2D eigenvalue weighted by molar-refractivity contribution is -0.142. The Labute approximate surface area is 567 Å². The lowest BCUT2D eigenvalue weighted by Crippen LogP contribution is -2.27. The molecule has 0 aliphatic carbocycles. The first kappa shape index (κ1) is 84.8. The monoisotopic (exact) mass is 1370 g/mol. The van der Waals surface area contributed by atoms with E-state index in [9.17, 15) is 33.6 Å². The van der Waals surface area contributed by atoms with Gasteiger partial charge in [-0.15, -0.1) is 34.0 Å². The second-order valence-corrected chi connectivity index (χ2v) is 21.3. The van der Waals surface area contributed by atoms with Crippen molar-refractivity contribution in [3.8, 4) is 5.75 Å². The van der Waals surface area contributed by atoms with Gasteiger partial charge < -0.3 is 77.6 Å². The molecule has 3 heterocycles. The summed E-state index contributed by atoms with van der Waals surface area (Å²) in [4.78, 5) is 92.0. The highest BCUT2D eigenvalue weighted by Gasteiger charge is 2.12.